The van der Waals surface area contributed by atoms with Crippen LogP contribution in [0.1, 0.15) is 0 Å². The molecule has 1 unspecified atom stereocenters. The Hall–Kier alpha value is -0.850. The van der Waals surface area contributed by atoms with Gasteiger partial charge >= 0.3 is 0 Å². The maximum absolute atomic E-state index is 11.8. The monoisotopic (exact) mass is 249 g/mol. The fraction of sp³-hybridized carbons (Fsp3) is 0.778. The van der Waals surface area contributed by atoms with E-state index in [9.17, 15) is 9.59 Å². The molecule has 3 N–H and O–H groups in total. The number of amides is 2. The molecule has 1 rings (SSSR count). The molecule has 1 saturated heterocycles. The lowest BCUT2D eigenvalue weighted by molar-refractivity contribution is -0.136. The molecule has 1 heterocycles. The molecule has 92 valence electrons. The van der Waals surface area contributed by atoms with Gasteiger partial charge in [0, 0.05) is 19.6 Å². The molecular weight excluding hydrogens is 234 g/mol. The zero-order chi connectivity index (χ0) is 12.0. The average molecular weight is 250 g/mol. The topological polar surface area (TPSA) is 84.7 Å². The van der Waals surface area contributed by atoms with Crippen molar-refractivity contribution in [3.63, 3.8) is 0 Å². The normalized spacial score (nSPS) is 18.0. The molecule has 1 aliphatic heterocycles. The fourth-order valence-corrected chi connectivity index (χ4v) is 1.47. The first kappa shape index (κ1) is 13.2. The molecule has 0 aromatic carbocycles. The van der Waals surface area contributed by atoms with E-state index in [0.717, 1.165) is 0 Å². The van der Waals surface area contributed by atoms with Crippen LogP contribution in [-0.4, -0.2) is 61.5 Å². The second kappa shape index (κ2) is 6.67. The SMILES string of the molecule is NC(CNC(=O)CCl)C(=O)N1CCOCC1. The molecule has 0 spiro atoms. The lowest BCUT2D eigenvalue weighted by Crippen LogP contribution is -2.52. The molecule has 7 heteroatoms. The molecule has 6 nitrogen and oxygen atoms in total. The van der Waals surface area contributed by atoms with Crippen molar-refractivity contribution in [2.75, 3.05) is 38.7 Å². The van der Waals surface area contributed by atoms with Crippen LogP contribution in [0.25, 0.3) is 0 Å². The number of carbonyl (C=O) groups is 2. The number of nitrogens with one attached hydrogen (secondary N) is 1. The number of nitrogens with zero attached hydrogens (tertiary/aromatic N) is 1. The van der Waals surface area contributed by atoms with E-state index in [1.54, 1.807) is 4.90 Å². The highest BCUT2D eigenvalue weighted by atomic mass is 35.5. The summed E-state index contributed by atoms with van der Waals surface area (Å²) in [5.41, 5.74) is 5.66. The van der Waals surface area contributed by atoms with Gasteiger partial charge in [-0.15, -0.1) is 11.6 Å². The summed E-state index contributed by atoms with van der Waals surface area (Å²) < 4.78 is 5.12. The lowest BCUT2D eigenvalue weighted by Gasteiger charge is -2.29. The van der Waals surface area contributed by atoms with Crippen LogP contribution in [0.5, 0.6) is 0 Å². The van der Waals surface area contributed by atoms with Crippen LogP contribution in [0.2, 0.25) is 0 Å². The Morgan fingerprint density at radius 1 is 1.44 bits per heavy atom. The van der Waals surface area contributed by atoms with Gasteiger partial charge in [-0.2, -0.15) is 0 Å². The summed E-state index contributed by atoms with van der Waals surface area (Å²) in [4.78, 5) is 24.3. The van der Waals surface area contributed by atoms with Gasteiger partial charge in [0.25, 0.3) is 0 Å². The van der Waals surface area contributed by atoms with Crippen molar-refractivity contribution in [1.82, 2.24) is 10.2 Å². The van der Waals surface area contributed by atoms with Gasteiger partial charge in [0.05, 0.1) is 13.2 Å². The summed E-state index contributed by atoms with van der Waals surface area (Å²) in [6.07, 6.45) is 0. The Morgan fingerprint density at radius 3 is 2.62 bits per heavy atom. The van der Waals surface area contributed by atoms with Gasteiger partial charge in [0.15, 0.2) is 0 Å². The molecule has 1 fully saturated rings. The number of hydrogen-bond donors (Lipinski definition) is 2. The average Bonchev–Trinajstić information content (AvgIpc) is 2.35. The van der Waals surface area contributed by atoms with E-state index in [1.807, 2.05) is 0 Å². The highest BCUT2D eigenvalue weighted by Crippen LogP contribution is 1.99. The molecule has 0 radical (unpaired) electrons. The van der Waals surface area contributed by atoms with E-state index < -0.39 is 6.04 Å². The predicted molar refractivity (Wildman–Crippen MR) is 59.1 cm³/mol. The van der Waals surface area contributed by atoms with Crippen LogP contribution >= 0.6 is 11.6 Å². The molecular formula is C9H16ClN3O3. The third kappa shape index (κ3) is 3.96. The van der Waals surface area contributed by atoms with Crippen molar-refractivity contribution in [2.24, 2.45) is 5.73 Å². The quantitative estimate of drug-likeness (QED) is 0.596. The van der Waals surface area contributed by atoms with Crippen molar-refractivity contribution >= 4 is 23.4 Å². The Kier molecular flexibility index (Phi) is 5.51. The van der Waals surface area contributed by atoms with Gasteiger partial charge < -0.3 is 20.7 Å². The van der Waals surface area contributed by atoms with Gasteiger partial charge in [-0.1, -0.05) is 0 Å². The summed E-state index contributed by atoms with van der Waals surface area (Å²) in [5.74, 6) is -0.622. The molecule has 16 heavy (non-hydrogen) atoms. The highest BCUT2D eigenvalue weighted by molar-refractivity contribution is 6.27. The van der Waals surface area contributed by atoms with Gasteiger partial charge in [-0.3, -0.25) is 9.59 Å². The molecule has 0 aromatic rings. The first-order valence-corrected chi connectivity index (χ1v) is 5.63. The summed E-state index contributed by atoms with van der Waals surface area (Å²) in [5, 5.41) is 2.48. The van der Waals surface area contributed by atoms with E-state index in [-0.39, 0.29) is 24.2 Å². The Bertz CT molecular complexity index is 256. The number of rotatable bonds is 4. The second-order valence-electron chi connectivity index (χ2n) is 3.48. The Labute approximate surface area is 99.0 Å². The first-order chi connectivity index (χ1) is 7.65. The molecule has 2 amide bonds. The number of ether oxygens (including phenoxy) is 1. The van der Waals surface area contributed by atoms with E-state index >= 15 is 0 Å². The van der Waals surface area contributed by atoms with Gasteiger partial charge in [-0.25, -0.2) is 0 Å². The van der Waals surface area contributed by atoms with Crippen molar-refractivity contribution in [3.8, 4) is 0 Å². The van der Waals surface area contributed by atoms with Crippen LogP contribution < -0.4 is 11.1 Å². The van der Waals surface area contributed by atoms with E-state index in [0.29, 0.717) is 26.3 Å². The minimum Gasteiger partial charge on any atom is -0.378 e. The maximum Gasteiger partial charge on any atom is 0.241 e. The number of carbonyl (C=O) groups excluding carboxylic acids is 2. The predicted octanol–water partition coefficient (Wildman–Crippen LogP) is -1.47. The third-order valence-corrected chi connectivity index (χ3v) is 2.52. The summed E-state index contributed by atoms with van der Waals surface area (Å²) in [6, 6.07) is -0.717. The van der Waals surface area contributed by atoms with Crippen LogP contribution in [0.3, 0.4) is 0 Å². The van der Waals surface area contributed by atoms with Crippen molar-refractivity contribution in [2.45, 2.75) is 6.04 Å². The zero-order valence-electron chi connectivity index (χ0n) is 8.95. The maximum atomic E-state index is 11.8. The largest absolute Gasteiger partial charge is 0.378 e. The number of halogens is 1. The van der Waals surface area contributed by atoms with E-state index in [4.69, 9.17) is 22.1 Å². The van der Waals surface area contributed by atoms with Crippen molar-refractivity contribution < 1.29 is 14.3 Å². The second-order valence-corrected chi connectivity index (χ2v) is 3.75. The van der Waals surface area contributed by atoms with Crippen molar-refractivity contribution in [3.05, 3.63) is 0 Å². The Balaban J connectivity index is 2.31. The minimum absolute atomic E-state index is 0.113. The molecule has 0 saturated carbocycles. The summed E-state index contributed by atoms with van der Waals surface area (Å²) in [7, 11) is 0. The van der Waals surface area contributed by atoms with Gasteiger partial charge in [0.2, 0.25) is 11.8 Å². The zero-order valence-corrected chi connectivity index (χ0v) is 9.70. The van der Waals surface area contributed by atoms with Crippen LogP contribution in [0, 0.1) is 0 Å². The number of nitrogens with two attached hydrogens (primary N) is 1. The van der Waals surface area contributed by atoms with E-state index in [1.165, 1.54) is 0 Å². The molecule has 0 bridgehead atoms. The Morgan fingerprint density at radius 2 is 2.06 bits per heavy atom. The lowest BCUT2D eigenvalue weighted by atomic mass is 10.2. The summed E-state index contributed by atoms with van der Waals surface area (Å²) >= 11 is 5.30. The summed E-state index contributed by atoms with van der Waals surface area (Å²) in [6.45, 7) is 2.28. The van der Waals surface area contributed by atoms with Crippen molar-refractivity contribution in [1.29, 1.82) is 0 Å². The first-order valence-electron chi connectivity index (χ1n) is 5.10. The van der Waals surface area contributed by atoms with Gasteiger partial charge in [-0.05, 0) is 0 Å². The standard InChI is InChI=1S/C9H16ClN3O3/c10-5-8(14)12-6-7(11)9(15)13-1-3-16-4-2-13/h7H,1-6,11H2,(H,12,14). The number of alkyl halides is 1. The smallest absolute Gasteiger partial charge is 0.241 e. The molecule has 1 aliphatic rings. The minimum atomic E-state index is -0.717. The van der Waals surface area contributed by atoms with Gasteiger partial charge in [0.1, 0.15) is 11.9 Å². The molecule has 0 aliphatic carbocycles. The van der Waals surface area contributed by atoms with Crippen LogP contribution in [-0.2, 0) is 14.3 Å². The van der Waals surface area contributed by atoms with Crippen LogP contribution in [0.15, 0.2) is 0 Å². The fourth-order valence-electron chi connectivity index (χ4n) is 1.38. The molecule has 0 aromatic heterocycles. The number of morpholine rings is 1. The highest BCUT2D eigenvalue weighted by Gasteiger charge is 2.22. The number of hydrogen-bond acceptors (Lipinski definition) is 4. The van der Waals surface area contributed by atoms with Crippen LogP contribution in [0.4, 0.5) is 0 Å². The van der Waals surface area contributed by atoms with E-state index in [2.05, 4.69) is 5.32 Å². The third-order valence-electron chi connectivity index (χ3n) is 2.28. The molecule has 1 atom stereocenters.